The smallest absolute Gasteiger partial charge is 0.253 e. The van der Waals surface area contributed by atoms with Crippen LogP contribution in [0.1, 0.15) is 27.5 Å². The number of benzene rings is 1. The number of aryl methyl sites for hydroxylation is 1. The van der Waals surface area contributed by atoms with Crippen LogP contribution in [-0.2, 0) is 18.3 Å². The molecule has 1 aromatic carbocycles. The second kappa shape index (κ2) is 7.33. The average molecular weight is 343 g/mol. The van der Waals surface area contributed by atoms with Crippen LogP contribution in [0.2, 0.25) is 0 Å². The summed E-state index contributed by atoms with van der Waals surface area (Å²) in [6.45, 7) is 2.02. The Bertz CT molecular complexity index is 725. The van der Waals surface area contributed by atoms with Gasteiger partial charge >= 0.3 is 0 Å². The number of methoxy groups -OCH3 is 1. The Morgan fingerprint density at radius 2 is 2.00 bits per heavy atom. The van der Waals surface area contributed by atoms with Gasteiger partial charge in [-0.3, -0.25) is 9.48 Å². The molecule has 2 heterocycles. The van der Waals surface area contributed by atoms with Crippen LogP contribution in [0.15, 0.2) is 30.5 Å². The predicted molar refractivity (Wildman–Crippen MR) is 94.3 cm³/mol. The minimum absolute atomic E-state index is 0.0323. The Morgan fingerprint density at radius 1 is 1.28 bits per heavy atom. The van der Waals surface area contributed by atoms with Gasteiger partial charge in [0.1, 0.15) is 0 Å². The fraction of sp³-hybridized carbons (Fsp3) is 0.500. The maximum absolute atomic E-state index is 12.8. The fourth-order valence-electron chi connectivity index (χ4n) is 3.30. The standard InChI is InChI=1S/C18H25N5O2/c1-21(2)9-13-5-7-14(8-6-13)18(24)23-10-15(17(12-23)25-4)16-11-22(3)20-19-16/h5-8,11,15,17H,9-10,12H2,1-4H3/t15-,17+/m0/s1. The minimum atomic E-state index is -0.0614. The maximum Gasteiger partial charge on any atom is 0.253 e. The lowest BCUT2D eigenvalue weighted by atomic mass is 10.0. The molecule has 0 bridgehead atoms. The molecule has 2 aromatic rings. The van der Waals surface area contributed by atoms with E-state index in [4.69, 9.17) is 4.74 Å². The monoisotopic (exact) mass is 343 g/mol. The Labute approximate surface area is 148 Å². The Hall–Kier alpha value is -2.25. The molecular weight excluding hydrogens is 318 g/mol. The molecule has 2 atom stereocenters. The SMILES string of the molecule is CO[C@@H]1CN(C(=O)c2ccc(CN(C)C)cc2)C[C@H]1c1cn(C)nn1. The van der Waals surface area contributed by atoms with Crippen molar-refractivity contribution in [1.29, 1.82) is 0 Å². The molecule has 0 N–H and O–H groups in total. The average Bonchev–Trinajstić information content (AvgIpc) is 3.20. The summed E-state index contributed by atoms with van der Waals surface area (Å²) in [5.41, 5.74) is 2.76. The summed E-state index contributed by atoms with van der Waals surface area (Å²) >= 11 is 0. The van der Waals surface area contributed by atoms with Gasteiger partial charge in [0.25, 0.3) is 5.91 Å². The molecule has 1 aromatic heterocycles. The van der Waals surface area contributed by atoms with E-state index < -0.39 is 0 Å². The Morgan fingerprint density at radius 3 is 2.56 bits per heavy atom. The maximum atomic E-state index is 12.8. The summed E-state index contributed by atoms with van der Waals surface area (Å²) in [6.07, 6.45) is 1.83. The first-order valence-electron chi connectivity index (χ1n) is 8.40. The van der Waals surface area contributed by atoms with E-state index in [1.807, 2.05) is 56.5 Å². The molecule has 1 aliphatic heterocycles. The van der Waals surface area contributed by atoms with Crippen molar-refractivity contribution in [2.24, 2.45) is 7.05 Å². The molecule has 0 radical (unpaired) electrons. The van der Waals surface area contributed by atoms with Crippen molar-refractivity contribution in [3.05, 3.63) is 47.3 Å². The lowest BCUT2D eigenvalue weighted by molar-refractivity contribution is 0.0714. The van der Waals surface area contributed by atoms with Crippen LogP contribution in [-0.4, -0.2) is 71.1 Å². The Balaban J connectivity index is 1.72. The van der Waals surface area contributed by atoms with E-state index in [-0.39, 0.29) is 17.9 Å². The highest BCUT2D eigenvalue weighted by Crippen LogP contribution is 2.29. The van der Waals surface area contributed by atoms with Crippen molar-refractivity contribution in [3.63, 3.8) is 0 Å². The van der Waals surface area contributed by atoms with Crippen LogP contribution in [0, 0.1) is 0 Å². The molecule has 25 heavy (non-hydrogen) atoms. The third-order valence-electron chi connectivity index (χ3n) is 4.56. The van der Waals surface area contributed by atoms with Crippen LogP contribution < -0.4 is 0 Å². The highest BCUT2D eigenvalue weighted by atomic mass is 16.5. The Kier molecular flexibility index (Phi) is 5.15. The lowest BCUT2D eigenvalue weighted by Crippen LogP contribution is -2.29. The van der Waals surface area contributed by atoms with E-state index >= 15 is 0 Å². The number of ether oxygens (including phenoxy) is 1. The summed E-state index contributed by atoms with van der Waals surface area (Å²) in [5, 5.41) is 8.19. The second-order valence-electron chi connectivity index (χ2n) is 6.84. The van der Waals surface area contributed by atoms with Gasteiger partial charge in [0.15, 0.2) is 0 Å². The molecule has 3 rings (SSSR count). The summed E-state index contributed by atoms with van der Waals surface area (Å²) in [7, 11) is 7.57. The van der Waals surface area contributed by atoms with Crippen molar-refractivity contribution < 1.29 is 9.53 Å². The van der Waals surface area contributed by atoms with E-state index in [1.165, 1.54) is 5.56 Å². The van der Waals surface area contributed by atoms with E-state index in [0.717, 1.165) is 12.2 Å². The van der Waals surface area contributed by atoms with Crippen molar-refractivity contribution in [3.8, 4) is 0 Å². The molecule has 7 nitrogen and oxygen atoms in total. The van der Waals surface area contributed by atoms with E-state index in [1.54, 1.807) is 11.8 Å². The van der Waals surface area contributed by atoms with Crippen molar-refractivity contribution in [2.75, 3.05) is 34.3 Å². The van der Waals surface area contributed by atoms with Crippen molar-refractivity contribution in [1.82, 2.24) is 24.8 Å². The van der Waals surface area contributed by atoms with Gasteiger partial charge in [0.05, 0.1) is 17.7 Å². The van der Waals surface area contributed by atoms with Gasteiger partial charge in [-0.1, -0.05) is 17.3 Å². The van der Waals surface area contributed by atoms with Gasteiger partial charge in [0.2, 0.25) is 0 Å². The number of aromatic nitrogens is 3. The molecule has 1 saturated heterocycles. The first kappa shape index (κ1) is 17.6. The molecular formula is C18H25N5O2. The van der Waals surface area contributed by atoms with Crippen molar-refractivity contribution in [2.45, 2.75) is 18.6 Å². The van der Waals surface area contributed by atoms with Crippen LogP contribution in [0.4, 0.5) is 0 Å². The fourth-order valence-corrected chi connectivity index (χ4v) is 3.30. The van der Waals surface area contributed by atoms with Crippen LogP contribution in [0.3, 0.4) is 0 Å². The van der Waals surface area contributed by atoms with E-state index in [0.29, 0.717) is 18.7 Å². The molecule has 1 amide bonds. The quantitative estimate of drug-likeness (QED) is 0.814. The molecule has 1 aliphatic rings. The first-order chi connectivity index (χ1) is 12.0. The predicted octanol–water partition coefficient (Wildman–Crippen LogP) is 1.13. The van der Waals surface area contributed by atoms with Crippen molar-refractivity contribution >= 4 is 5.91 Å². The summed E-state index contributed by atoms with van der Waals surface area (Å²) in [5.74, 6) is 0.0838. The second-order valence-corrected chi connectivity index (χ2v) is 6.84. The third kappa shape index (κ3) is 3.88. The number of nitrogens with zero attached hydrogens (tertiary/aromatic N) is 5. The van der Waals surface area contributed by atoms with Crippen LogP contribution in [0.5, 0.6) is 0 Å². The van der Waals surface area contributed by atoms with Gasteiger partial charge in [0, 0.05) is 45.6 Å². The molecule has 0 saturated carbocycles. The van der Waals surface area contributed by atoms with Gasteiger partial charge in [-0.2, -0.15) is 0 Å². The van der Waals surface area contributed by atoms with E-state index in [2.05, 4.69) is 15.2 Å². The highest BCUT2D eigenvalue weighted by molar-refractivity contribution is 5.94. The molecule has 134 valence electrons. The normalized spacial score (nSPS) is 20.4. The zero-order valence-corrected chi connectivity index (χ0v) is 15.2. The number of carbonyl (C=O) groups is 1. The zero-order valence-electron chi connectivity index (χ0n) is 15.2. The van der Waals surface area contributed by atoms with Crippen LogP contribution >= 0.6 is 0 Å². The summed E-state index contributed by atoms with van der Waals surface area (Å²) in [6, 6.07) is 7.83. The third-order valence-corrected chi connectivity index (χ3v) is 4.56. The first-order valence-corrected chi connectivity index (χ1v) is 8.40. The molecule has 7 heteroatoms. The van der Waals surface area contributed by atoms with Gasteiger partial charge < -0.3 is 14.5 Å². The molecule has 0 unspecified atom stereocenters. The number of hydrogen-bond acceptors (Lipinski definition) is 5. The molecule has 0 aliphatic carbocycles. The number of hydrogen-bond donors (Lipinski definition) is 0. The van der Waals surface area contributed by atoms with E-state index in [9.17, 15) is 4.79 Å². The number of carbonyl (C=O) groups excluding carboxylic acids is 1. The summed E-state index contributed by atoms with van der Waals surface area (Å²) in [4.78, 5) is 16.8. The minimum Gasteiger partial charge on any atom is -0.379 e. The highest BCUT2D eigenvalue weighted by Gasteiger charge is 2.38. The van der Waals surface area contributed by atoms with Gasteiger partial charge in [-0.25, -0.2) is 0 Å². The lowest BCUT2D eigenvalue weighted by Gasteiger charge is -2.16. The molecule has 1 fully saturated rings. The topological polar surface area (TPSA) is 63.5 Å². The zero-order chi connectivity index (χ0) is 18.0. The number of rotatable bonds is 5. The number of amides is 1. The number of likely N-dealkylation sites (tertiary alicyclic amines) is 1. The largest absolute Gasteiger partial charge is 0.379 e. The molecule has 0 spiro atoms. The van der Waals surface area contributed by atoms with Crippen LogP contribution in [0.25, 0.3) is 0 Å². The van der Waals surface area contributed by atoms with Gasteiger partial charge in [-0.15, -0.1) is 5.10 Å². The summed E-state index contributed by atoms with van der Waals surface area (Å²) < 4.78 is 7.27. The van der Waals surface area contributed by atoms with Gasteiger partial charge in [-0.05, 0) is 31.8 Å².